The molecule has 1 aromatic heterocycles. The van der Waals surface area contributed by atoms with Crippen molar-refractivity contribution in [3.8, 4) is 0 Å². The van der Waals surface area contributed by atoms with Crippen LogP contribution in [-0.4, -0.2) is 26.1 Å². The van der Waals surface area contributed by atoms with Crippen molar-refractivity contribution in [2.24, 2.45) is 0 Å². The van der Waals surface area contributed by atoms with E-state index < -0.39 is 21.9 Å². The van der Waals surface area contributed by atoms with E-state index in [0.717, 1.165) is 17.6 Å². The summed E-state index contributed by atoms with van der Waals surface area (Å²) in [5.41, 5.74) is 1.98. The first kappa shape index (κ1) is 21.8. The zero-order valence-electron chi connectivity index (χ0n) is 14.0. The lowest BCUT2D eigenvalue weighted by molar-refractivity contribution is 0.161. The van der Waals surface area contributed by atoms with Gasteiger partial charge in [-0.05, 0) is 39.7 Å². The molecule has 0 aliphatic rings. The van der Waals surface area contributed by atoms with Gasteiger partial charge in [-0.15, -0.1) is 0 Å². The molecule has 0 radical (unpaired) electrons. The molecule has 0 aliphatic carbocycles. The van der Waals surface area contributed by atoms with Crippen molar-refractivity contribution in [3.63, 3.8) is 0 Å². The highest BCUT2D eigenvalue weighted by Crippen LogP contribution is 2.58. The van der Waals surface area contributed by atoms with Crippen molar-refractivity contribution < 1.29 is 37.2 Å². The average Bonchev–Trinajstić information content (AvgIpc) is 2.87. The molecule has 4 N–H and O–H groups in total. The Morgan fingerprint density at radius 3 is 2.56 bits per heavy atom. The molecule has 0 spiro atoms. The fourth-order valence-electron chi connectivity index (χ4n) is 1.76. The van der Waals surface area contributed by atoms with E-state index >= 15 is 0 Å². The molecule has 10 nitrogen and oxygen atoms in total. The van der Waals surface area contributed by atoms with Crippen molar-refractivity contribution in [1.82, 2.24) is 5.16 Å². The maximum absolute atomic E-state index is 11.7. The van der Waals surface area contributed by atoms with Crippen molar-refractivity contribution in [1.29, 1.82) is 0 Å². The summed E-state index contributed by atoms with van der Waals surface area (Å²) in [6.07, 6.45) is 4.98. The molecule has 2 atom stereocenters. The maximum Gasteiger partial charge on any atom is 0.483 e. The summed E-state index contributed by atoms with van der Waals surface area (Å²) < 4.78 is 35.8. The molecule has 0 amide bonds. The van der Waals surface area contributed by atoms with Crippen molar-refractivity contribution in [2.75, 3.05) is 5.32 Å². The summed E-state index contributed by atoms with van der Waals surface area (Å²) in [4.78, 5) is 26.9. The Bertz CT molecular complexity index is 691. The number of nitrogens with zero attached hydrogens (tertiary/aromatic N) is 1. The van der Waals surface area contributed by atoms with Crippen LogP contribution in [0.1, 0.15) is 33.6 Å². The minimum absolute atomic E-state index is 0.203. The second-order valence-electron chi connectivity index (χ2n) is 5.43. The topological polar surface area (TPSA) is 151 Å². The van der Waals surface area contributed by atoms with Crippen molar-refractivity contribution >= 4 is 21.5 Å². The van der Waals surface area contributed by atoms with Gasteiger partial charge in [-0.3, -0.25) is 4.52 Å². The molecule has 25 heavy (non-hydrogen) atoms. The molecule has 1 heterocycles. The summed E-state index contributed by atoms with van der Waals surface area (Å²) in [6.45, 7) is 5.73. The number of allylic oxidation sites excluding steroid dienone is 3. The van der Waals surface area contributed by atoms with Gasteiger partial charge in [-0.1, -0.05) is 22.4 Å². The molecule has 0 saturated heterocycles. The van der Waals surface area contributed by atoms with Crippen LogP contribution in [0.2, 0.25) is 0 Å². The van der Waals surface area contributed by atoms with Crippen LogP contribution >= 0.6 is 15.6 Å². The second-order valence-corrected chi connectivity index (χ2v) is 8.21. The predicted octanol–water partition coefficient (Wildman–Crippen LogP) is 3.33. The second kappa shape index (κ2) is 9.45. The van der Waals surface area contributed by atoms with Crippen LogP contribution in [0.3, 0.4) is 0 Å². The van der Waals surface area contributed by atoms with Crippen LogP contribution in [0.25, 0.3) is 0 Å². The number of rotatable bonds is 10. The van der Waals surface area contributed by atoms with Gasteiger partial charge in [0.15, 0.2) is 12.0 Å². The Hall–Kier alpha value is -1.25. The number of hydrogen-bond donors (Lipinski definition) is 4. The Kier molecular flexibility index (Phi) is 8.24. The smallest absolute Gasteiger partial charge is 0.363 e. The third-order valence-corrected chi connectivity index (χ3v) is 4.88. The summed E-state index contributed by atoms with van der Waals surface area (Å²) in [5, 5.41) is 6.23. The number of aromatic nitrogens is 1. The monoisotopic (exact) mass is 396 g/mol. The molecule has 2 unspecified atom stereocenters. The Balaban J connectivity index is 2.87. The number of phosphoric acid groups is 2. The molecule has 0 aliphatic heterocycles. The Morgan fingerprint density at radius 1 is 1.36 bits per heavy atom. The first-order chi connectivity index (χ1) is 11.5. The number of anilines is 1. The summed E-state index contributed by atoms with van der Waals surface area (Å²) in [6, 6.07) is 1.44. The SMILES string of the molecule is CC(C)=CCCC(C)=CC(Nc1ccon1)OP(=O)(O)OP(=O)(O)O. The molecule has 1 rings (SSSR count). The lowest BCUT2D eigenvalue weighted by atomic mass is 10.1. The first-order valence-electron chi connectivity index (χ1n) is 7.22. The van der Waals surface area contributed by atoms with Gasteiger partial charge in [-0.25, -0.2) is 9.13 Å². The Morgan fingerprint density at radius 2 is 2.04 bits per heavy atom. The molecule has 142 valence electrons. The third-order valence-electron chi connectivity index (χ3n) is 2.71. The lowest BCUT2D eigenvalue weighted by Crippen LogP contribution is -2.20. The fraction of sp³-hybridized carbons (Fsp3) is 0.462. The van der Waals surface area contributed by atoms with Gasteiger partial charge in [0.25, 0.3) is 0 Å². The molecule has 12 heteroatoms. The molecule has 0 saturated carbocycles. The van der Waals surface area contributed by atoms with E-state index in [1.165, 1.54) is 18.4 Å². The maximum atomic E-state index is 11.7. The van der Waals surface area contributed by atoms with Gasteiger partial charge in [0, 0.05) is 6.07 Å². The summed E-state index contributed by atoms with van der Waals surface area (Å²) in [5.74, 6) is 0.203. The van der Waals surface area contributed by atoms with Gasteiger partial charge >= 0.3 is 15.6 Å². The minimum Gasteiger partial charge on any atom is -0.363 e. The molecule has 1 aromatic rings. The highest BCUT2D eigenvalue weighted by molar-refractivity contribution is 7.60. The lowest BCUT2D eigenvalue weighted by Gasteiger charge is -2.19. The van der Waals surface area contributed by atoms with E-state index in [1.807, 2.05) is 19.9 Å². The van der Waals surface area contributed by atoms with Crippen LogP contribution in [0, 0.1) is 0 Å². The summed E-state index contributed by atoms with van der Waals surface area (Å²) >= 11 is 0. The first-order valence-corrected chi connectivity index (χ1v) is 10.2. The minimum atomic E-state index is -5.21. The average molecular weight is 396 g/mol. The van der Waals surface area contributed by atoms with E-state index in [2.05, 4.69) is 19.3 Å². The summed E-state index contributed by atoms with van der Waals surface area (Å²) in [7, 11) is -10.2. The number of nitrogens with one attached hydrogen (secondary N) is 1. The normalized spacial score (nSPS) is 16.2. The standard InChI is InChI=1S/C13H22N2O8P2/c1-10(2)5-4-6-11(3)9-13(14-12-7-8-21-15-12)22-25(19,20)23-24(16,17)18/h5,7-9,13H,4,6H2,1-3H3,(H,14,15)(H,19,20)(H2,16,17,18). The van der Waals surface area contributed by atoms with E-state index in [-0.39, 0.29) is 5.82 Å². The zero-order valence-corrected chi connectivity index (χ0v) is 15.8. The van der Waals surface area contributed by atoms with Crippen LogP contribution in [0.4, 0.5) is 5.82 Å². The van der Waals surface area contributed by atoms with Crippen LogP contribution in [0.5, 0.6) is 0 Å². The van der Waals surface area contributed by atoms with Crippen LogP contribution in [0.15, 0.2) is 40.2 Å². The molecule has 0 fully saturated rings. The van der Waals surface area contributed by atoms with Gasteiger partial charge in [-0.2, -0.15) is 4.31 Å². The Labute approximate surface area is 145 Å². The molecular weight excluding hydrogens is 374 g/mol. The van der Waals surface area contributed by atoms with Gasteiger partial charge < -0.3 is 24.5 Å². The highest BCUT2D eigenvalue weighted by atomic mass is 31.3. The number of phosphoric ester groups is 1. The third kappa shape index (κ3) is 10.4. The molecule has 0 aromatic carbocycles. The van der Waals surface area contributed by atoms with Crippen LogP contribution < -0.4 is 5.32 Å². The quantitative estimate of drug-likeness (QED) is 0.263. The van der Waals surface area contributed by atoms with E-state index in [4.69, 9.17) is 14.3 Å². The van der Waals surface area contributed by atoms with Crippen molar-refractivity contribution in [2.45, 2.75) is 39.8 Å². The largest absolute Gasteiger partial charge is 0.483 e. The van der Waals surface area contributed by atoms with Gasteiger partial charge in [0.2, 0.25) is 0 Å². The fourth-order valence-corrected chi connectivity index (χ4v) is 3.39. The van der Waals surface area contributed by atoms with E-state index in [1.54, 1.807) is 6.92 Å². The molecular formula is C13H22N2O8P2. The van der Waals surface area contributed by atoms with E-state index in [9.17, 15) is 14.0 Å². The predicted molar refractivity (Wildman–Crippen MR) is 90.4 cm³/mol. The van der Waals surface area contributed by atoms with Gasteiger partial charge in [0.05, 0.1) is 0 Å². The van der Waals surface area contributed by atoms with Crippen LogP contribution in [-0.2, 0) is 18.0 Å². The number of hydrogen-bond acceptors (Lipinski definition) is 7. The van der Waals surface area contributed by atoms with Gasteiger partial charge in [0.1, 0.15) is 6.26 Å². The van der Waals surface area contributed by atoms with Crippen molar-refractivity contribution in [3.05, 3.63) is 35.6 Å². The highest BCUT2D eigenvalue weighted by Gasteiger charge is 2.34. The van der Waals surface area contributed by atoms with E-state index in [0.29, 0.717) is 6.42 Å². The zero-order chi connectivity index (χ0) is 19.1. The molecule has 0 bridgehead atoms.